The van der Waals surface area contributed by atoms with Gasteiger partial charge in [0.2, 0.25) is 5.91 Å². The summed E-state index contributed by atoms with van der Waals surface area (Å²) >= 11 is 0. The van der Waals surface area contributed by atoms with Gasteiger partial charge in [-0.2, -0.15) is 0 Å². The normalized spacial score (nSPS) is 22.0. The minimum absolute atomic E-state index is 0.112. The van der Waals surface area contributed by atoms with Gasteiger partial charge in [-0.25, -0.2) is 0 Å². The number of hydrogen-bond acceptors (Lipinski definition) is 4. The smallest absolute Gasteiger partial charge is 0.220 e. The number of rotatable bonds is 7. The monoisotopic (exact) mass is 404 g/mol. The first kappa shape index (κ1) is 19.1. The number of aryl methyl sites for hydroxylation is 1. The predicted molar refractivity (Wildman–Crippen MR) is 116 cm³/mol. The fourth-order valence-corrected chi connectivity index (χ4v) is 7.23. The largest absolute Gasteiger partial charge is 0.497 e. The summed E-state index contributed by atoms with van der Waals surface area (Å²) in [6.07, 6.45) is 8.57. The Bertz CT molecular complexity index is 799. The topological polar surface area (TPSA) is 54.1 Å². The number of unbranched alkanes of at least 4 members (excludes halogenated alkanes) is 1. The third-order valence-electron chi connectivity index (χ3n) is 5.66. The zero-order valence-electron chi connectivity index (χ0n) is 15.9. The highest BCUT2D eigenvalue weighted by Crippen LogP contribution is 2.40. The van der Waals surface area contributed by atoms with Gasteiger partial charge in [-0.3, -0.25) is 4.79 Å². The standard InChI is InChI=1S/C21H28N2O2S2/c1-25-14-9-10-18-17(13-14)16-6-4-7-19(21(16)23-18)22-20(24)8-3-2-5-15-11-12-26-27-15/h9-10,13,15,19,23H,2-8,11-12H2,1H3,(H,22,24)/t15-,19-/m0/s1. The van der Waals surface area contributed by atoms with E-state index in [9.17, 15) is 4.79 Å². The maximum atomic E-state index is 12.5. The molecule has 2 heterocycles. The van der Waals surface area contributed by atoms with E-state index >= 15 is 0 Å². The quantitative estimate of drug-likeness (QED) is 0.480. The molecule has 1 aromatic carbocycles. The Hall–Kier alpha value is -1.27. The molecule has 2 aromatic rings. The molecule has 0 saturated carbocycles. The molecule has 27 heavy (non-hydrogen) atoms. The zero-order valence-corrected chi connectivity index (χ0v) is 17.5. The number of ether oxygens (including phenoxy) is 1. The number of hydrogen-bond donors (Lipinski definition) is 2. The number of nitrogens with one attached hydrogen (secondary N) is 2. The number of H-pyrrole nitrogens is 1. The number of benzene rings is 1. The molecule has 0 radical (unpaired) electrons. The second kappa shape index (κ2) is 8.82. The minimum Gasteiger partial charge on any atom is -0.497 e. The number of amides is 1. The lowest BCUT2D eigenvalue weighted by Gasteiger charge is -2.24. The van der Waals surface area contributed by atoms with Crippen LogP contribution >= 0.6 is 21.6 Å². The van der Waals surface area contributed by atoms with Crippen LogP contribution in [0, 0.1) is 0 Å². The van der Waals surface area contributed by atoms with E-state index in [0.717, 1.165) is 48.6 Å². The number of carbonyl (C=O) groups excluding carboxylic acids is 1. The van der Waals surface area contributed by atoms with E-state index < -0.39 is 0 Å². The summed E-state index contributed by atoms with van der Waals surface area (Å²) in [6.45, 7) is 0. The van der Waals surface area contributed by atoms with Gasteiger partial charge < -0.3 is 15.0 Å². The molecule has 1 saturated heterocycles. The van der Waals surface area contributed by atoms with Crippen molar-refractivity contribution >= 4 is 38.4 Å². The van der Waals surface area contributed by atoms with Gasteiger partial charge in [0, 0.05) is 34.0 Å². The van der Waals surface area contributed by atoms with Gasteiger partial charge in [0.15, 0.2) is 0 Å². The molecule has 4 rings (SSSR count). The third kappa shape index (κ3) is 4.43. The molecule has 1 aliphatic carbocycles. The van der Waals surface area contributed by atoms with Crippen LogP contribution < -0.4 is 10.1 Å². The van der Waals surface area contributed by atoms with E-state index in [0.29, 0.717) is 6.42 Å². The van der Waals surface area contributed by atoms with Crippen molar-refractivity contribution in [2.45, 2.75) is 62.7 Å². The highest BCUT2D eigenvalue weighted by molar-refractivity contribution is 8.77. The second-order valence-electron chi connectivity index (χ2n) is 7.52. The summed E-state index contributed by atoms with van der Waals surface area (Å²) in [4.78, 5) is 16.0. The highest BCUT2D eigenvalue weighted by atomic mass is 33.1. The van der Waals surface area contributed by atoms with Crippen LogP contribution in [0.15, 0.2) is 18.2 Å². The summed E-state index contributed by atoms with van der Waals surface area (Å²) in [6, 6.07) is 6.28. The molecule has 146 valence electrons. The highest BCUT2D eigenvalue weighted by Gasteiger charge is 2.25. The molecular formula is C21H28N2O2S2. The summed E-state index contributed by atoms with van der Waals surface area (Å²) in [7, 11) is 5.72. The average Bonchev–Trinajstić information content (AvgIpc) is 3.33. The van der Waals surface area contributed by atoms with E-state index in [1.807, 2.05) is 27.7 Å². The molecule has 0 spiro atoms. The van der Waals surface area contributed by atoms with Crippen molar-refractivity contribution in [2.75, 3.05) is 12.9 Å². The van der Waals surface area contributed by atoms with Crippen LogP contribution in [0.2, 0.25) is 0 Å². The van der Waals surface area contributed by atoms with Gasteiger partial charge in [0.25, 0.3) is 0 Å². The molecule has 1 amide bonds. The SMILES string of the molecule is COc1ccc2[nH]c3c(c2c1)CCC[C@@H]3NC(=O)CCCC[C@H]1CCSS1. The van der Waals surface area contributed by atoms with Crippen molar-refractivity contribution in [2.24, 2.45) is 0 Å². The molecule has 2 aliphatic rings. The summed E-state index contributed by atoms with van der Waals surface area (Å²) in [5.41, 5.74) is 3.67. The van der Waals surface area contributed by atoms with Crippen LogP contribution in [0.25, 0.3) is 10.9 Å². The van der Waals surface area contributed by atoms with Crippen molar-refractivity contribution in [3.63, 3.8) is 0 Å². The fraction of sp³-hybridized carbons (Fsp3) is 0.571. The Morgan fingerprint density at radius 3 is 3.07 bits per heavy atom. The lowest BCUT2D eigenvalue weighted by atomic mass is 9.91. The summed E-state index contributed by atoms with van der Waals surface area (Å²) in [5.74, 6) is 2.36. The lowest BCUT2D eigenvalue weighted by molar-refractivity contribution is -0.122. The number of methoxy groups -OCH3 is 1. The number of aromatic amines is 1. The molecule has 1 aromatic heterocycles. The van der Waals surface area contributed by atoms with Crippen molar-refractivity contribution in [3.8, 4) is 5.75 Å². The lowest BCUT2D eigenvalue weighted by Crippen LogP contribution is -2.30. The average molecular weight is 405 g/mol. The first-order valence-corrected chi connectivity index (χ1v) is 12.4. The van der Waals surface area contributed by atoms with Crippen molar-refractivity contribution in [3.05, 3.63) is 29.5 Å². The van der Waals surface area contributed by atoms with Gasteiger partial charge in [-0.15, -0.1) is 0 Å². The van der Waals surface area contributed by atoms with Gasteiger partial charge in [-0.1, -0.05) is 28.0 Å². The molecule has 1 fully saturated rings. The number of fused-ring (bicyclic) bond motifs is 3. The molecule has 6 heteroatoms. The molecule has 4 nitrogen and oxygen atoms in total. The first-order chi connectivity index (χ1) is 13.2. The van der Waals surface area contributed by atoms with E-state index in [1.54, 1.807) is 7.11 Å². The maximum Gasteiger partial charge on any atom is 0.220 e. The van der Waals surface area contributed by atoms with E-state index in [1.165, 1.54) is 35.2 Å². The fourth-order valence-electron chi connectivity index (χ4n) is 4.20. The van der Waals surface area contributed by atoms with Gasteiger partial charge in [-0.05, 0) is 62.3 Å². The Morgan fingerprint density at radius 2 is 2.26 bits per heavy atom. The molecular weight excluding hydrogens is 376 g/mol. The first-order valence-electron chi connectivity index (χ1n) is 10.0. The molecule has 2 atom stereocenters. The van der Waals surface area contributed by atoms with Crippen LogP contribution in [-0.2, 0) is 11.2 Å². The van der Waals surface area contributed by atoms with Crippen LogP contribution in [0.5, 0.6) is 5.75 Å². The van der Waals surface area contributed by atoms with Crippen LogP contribution in [-0.4, -0.2) is 29.0 Å². The Labute approximate surface area is 169 Å². The summed E-state index contributed by atoms with van der Waals surface area (Å²) < 4.78 is 5.38. The van der Waals surface area contributed by atoms with Crippen molar-refractivity contribution in [1.29, 1.82) is 0 Å². The van der Waals surface area contributed by atoms with E-state index in [2.05, 4.69) is 22.4 Å². The van der Waals surface area contributed by atoms with Crippen molar-refractivity contribution < 1.29 is 9.53 Å². The van der Waals surface area contributed by atoms with Crippen LogP contribution in [0.1, 0.15) is 62.2 Å². The molecule has 0 unspecified atom stereocenters. The Morgan fingerprint density at radius 1 is 1.33 bits per heavy atom. The molecule has 1 aliphatic heterocycles. The van der Waals surface area contributed by atoms with E-state index in [-0.39, 0.29) is 11.9 Å². The van der Waals surface area contributed by atoms with Crippen LogP contribution in [0.4, 0.5) is 0 Å². The van der Waals surface area contributed by atoms with Gasteiger partial charge in [0.05, 0.1) is 13.2 Å². The predicted octanol–water partition coefficient (Wildman–Crippen LogP) is 5.38. The van der Waals surface area contributed by atoms with E-state index in [4.69, 9.17) is 4.74 Å². The minimum atomic E-state index is 0.112. The number of carbonyl (C=O) groups is 1. The third-order valence-corrected chi connectivity index (χ3v) is 8.66. The van der Waals surface area contributed by atoms with Gasteiger partial charge >= 0.3 is 0 Å². The second-order valence-corrected chi connectivity index (χ2v) is 10.3. The van der Waals surface area contributed by atoms with Crippen molar-refractivity contribution in [1.82, 2.24) is 10.3 Å². The maximum absolute atomic E-state index is 12.5. The van der Waals surface area contributed by atoms with Crippen LogP contribution in [0.3, 0.4) is 0 Å². The molecule has 2 N–H and O–H groups in total. The Kier molecular flexibility index (Phi) is 6.23. The van der Waals surface area contributed by atoms with Gasteiger partial charge in [0.1, 0.15) is 5.75 Å². The summed E-state index contributed by atoms with van der Waals surface area (Å²) in [5, 5.41) is 5.32. The zero-order chi connectivity index (χ0) is 18.6. The Balaban J connectivity index is 1.35. The number of aromatic nitrogens is 1. The molecule has 0 bridgehead atoms.